The van der Waals surface area contributed by atoms with Crippen LogP contribution < -0.4 is 0 Å². The minimum absolute atomic E-state index is 0.0508. The maximum atomic E-state index is 13.2. The third-order valence-corrected chi connectivity index (χ3v) is 8.07. The highest BCUT2D eigenvalue weighted by molar-refractivity contribution is 5.90. The quantitative estimate of drug-likeness (QED) is 0.300. The molecule has 0 unspecified atom stereocenters. The lowest BCUT2D eigenvalue weighted by atomic mass is 9.40. The average molecular weight is 480 g/mol. The molecular formula is C23H28O11. The van der Waals surface area contributed by atoms with Crippen molar-refractivity contribution in [1.82, 2.24) is 0 Å². The van der Waals surface area contributed by atoms with Crippen molar-refractivity contribution in [2.45, 2.75) is 67.8 Å². The Morgan fingerprint density at radius 2 is 1.79 bits per heavy atom. The number of hydrogen-bond acceptors (Lipinski definition) is 11. The Kier molecular flexibility index (Phi) is 5.52. The summed E-state index contributed by atoms with van der Waals surface area (Å²) in [7, 11) is 0. The maximum absolute atomic E-state index is 13.2. The normalized spacial score (nSPS) is 47.0. The van der Waals surface area contributed by atoms with Gasteiger partial charge in [0.15, 0.2) is 6.29 Å². The molecule has 6 rings (SSSR count). The molecule has 0 aromatic heterocycles. The van der Waals surface area contributed by atoms with Crippen LogP contribution in [-0.2, 0) is 23.7 Å². The number of hydrogen-bond donors (Lipinski definition) is 5. The second-order valence-electron chi connectivity index (χ2n) is 9.76. The summed E-state index contributed by atoms with van der Waals surface area (Å²) in [6.07, 6.45) is -8.41. The van der Waals surface area contributed by atoms with Crippen molar-refractivity contribution >= 4 is 11.9 Å². The van der Waals surface area contributed by atoms with E-state index in [0.717, 1.165) is 0 Å². The van der Waals surface area contributed by atoms with Crippen molar-refractivity contribution in [3.05, 3.63) is 35.9 Å². The molecule has 2 heterocycles. The molecule has 5 N–H and O–H groups in total. The molecular weight excluding hydrogens is 452 g/mol. The lowest BCUT2D eigenvalue weighted by Gasteiger charge is -2.66. The van der Waals surface area contributed by atoms with Gasteiger partial charge in [-0.15, -0.1) is 0 Å². The Morgan fingerprint density at radius 1 is 1.09 bits per heavy atom. The first kappa shape index (κ1) is 23.6. The van der Waals surface area contributed by atoms with E-state index in [0.29, 0.717) is 0 Å². The number of benzene rings is 1. The summed E-state index contributed by atoms with van der Waals surface area (Å²) in [5.41, 5.74) is -4.08. The van der Waals surface area contributed by atoms with Crippen LogP contribution in [0.4, 0.5) is 0 Å². The highest BCUT2D eigenvalue weighted by Gasteiger charge is 2.88. The second kappa shape index (κ2) is 7.95. The molecule has 1 aromatic rings. The minimum atomic E-state index is -1.69. The zero-order valence-corrected chi connectivity index (χ0v) is 18.4. The number of rotatable bonds is 6. The Balaban J connectivity index is 1.46. The molecule has 11 heteroatoms. The number of fused-ring (bicyclic) bond motifs is 1. The lowest BCUT2D eigenvalue weighted by molar-refractivity contribution is -0.394. The van der Waals surface area contributed by atoms with Gasteiger partial charge in [-0.05, 0) is 25.5 Å². The zero-order valence-electron chi connectivity index (χ0n) is 18.4. The minimum Gasteiger partial charge on any atom is -0.461 e. The van der Waals surface area contributed by atoms with Crippen LogP contribution in [0.1, 0.15) is 30.1 Å². The molecule has 10 atom stereocenters. The van der Waals surface area contributed by atoms with Crippen molar-refractivity contribution in [2.24, 2.45) is 11.3 Å². The van der Waals surface area contributed by atoms with Crippen LogP contribution in [-0.4, -0.2) is 98.7 Å². The van der Waals surface area contributed by atoms with Crippen LogP contribution in [0.15, 0.2) is 30.3 Å². The third-order valence-electron chi connectivity index (χ3n) is 8.07. The van der Waals surface area contributed by atoms with Gasteiger partial charge in [0.25, 0.3) is 0 Å². The molecule has 34 heavy (non-hydrogen) atoms. The molecule has 5 aliphatic rings. The van der Waals surface area contributed by atoms with Crippen LogP contribution in [0.5, 0.6) is 0 Å². The van der Waals surface area contributed by atoms with Crippen molar-refractivity contribution in [3.8, 4) is 0 Å². The average Bonchev–Trinajstić information content (AvgIpc) is 2.88. The Labute approximate surface area is 194 Å². The molecule has 5 fully saturated rings. The fraction of sp³-hybridized carbons (Fsp3) is 0.652. The largest absolute Gasteiger partial charge is 0.461 e. The van der Waals surface area contributed by atoms with Gasteiger partial charge in [0, 0.05) is 12.3 Å². The van der Waals surface area contributed by atoms with E-state index in [1.54, 1.807) is 37.3 Å². The van der Waals surface area contributed by atoms with Gasteiger partial charge in [-0.1, -0.05) is 18.2 Å². The summed E-state index contributed by atoms with van der Waals surface area (Å²) >= 11 is 0. The van der Waals surface area contributed by atoms with Gasteiger partial charge >= 0.3 is 11.9 Å². The zero-order chi connectivity index (χ0) is 24.5. The highest BCUT2D eigenvalue weighted by Crippen LogP contribution is 2.73. The summed E-state index contributed by atoms with van der Waals surface area (Å²) < 4.78 is 22.9. The predicted octanol–water partition coefficient (Wildman–Crippen LogP) is -1.51. The third kappa shape index (κ3) is 2.95. The van der Waals surface area contributed by atoms with Crippen LogP contribution >= 0.6 is 0 Å². The van der Waals surface area contributed by atoms with Crippen molar-refractivity contribution in [1.29, 1.82) is 0 Å². The van der Waals surface area contributed by atoms with Gasteiger partial charge in [0.2, 0.25) is 0 Å². The van der Waals surface area contributed by atoms with E-state index in [9.17, 15) is 35.1 Å². The second-order valence-corrected chi connectivity index (χ2v) is 9.76. The van der Waals surface area contributed by atoms with Crippen LogP contribution in [0.2, 0.25) is 0 Å². The van der Waals surface area contributed by atoms with Crippen molar-refractivity contribution in [3.63, 3.8) is 0 Å². The number of carbonyl (C=O) groups excluding carboxylic acids is 2. The number of carbonyl (C=O) groups is 2. The van der Waals surface area contributed by atoms with Crippen LogP contribution in [0, 0.1) is 11.3 Å². The van der Waals surface area contributed by atoms with Gasteiger partial charge < -0.3 is 44.5 Å². The topological polar surface area (TPSA) is 172 Å². The van der Waals surface area contributed by atoms with Gasteiger partial charge in [0.1, 0.15) is 47.6 Å². The summed E-state index contributed by atoms with van der Waals surface area (Å²) in [5, 5.41) is 51.0. The number of aliphatic hydroxyl groups excluding tert-OH is 5. The van der Waals surface area contributed by atoms with Crippen LogP contribution in [0.3, 0.4) is 0 Å². The van der Waals surface area contributed by atoms with E-state index >= 15 is 0 Å². The molecule has 0 radical (unpaired) electrons. The summed E-state index contributed by atoms with van der Waals surface area (Å²) in [6.45, 7) is 0.508. The van der Waals surface area contributed by atoms with E-state index in [4.69, 9.17) is 18.9 Å². The molecule has 3 aliphatic carbocycles. The first-order chi connectivity index (χ1) is 16.1. The first-order valence-electron chi connectivity index (χ1n) is 11.2. The predicted molar refractivity (Wildman–Crippen MR) is 110 cm³/mol. The van der Waals surface area contributed by atoms with Crippen LogP contribution in [0.25, 0.3) is 0 Å². The van der Waals surface area contributed by atoms with Gasteiger partial charge in [0.05, 0.1) is 18.3 Å². The SMILES string of the molecule is C[C@]12C[C@H](O)[C@@H]3C[C@@]1(O[C@H]1O[C@H](CO)[C@@H](O)[C@H](O)[C@H]1O)[C@]3(COC(=O)c1ccccc1)C(=O)O2. The summed E-state index contributed by atoms with van der Waals surface area (Å²) in [5.74, 6) is -2.00. The first-order valence-corrected chi connectivity index (χ1v) is 11.2. The van der Waals surface area contributed by atoms with E-state index in [1.807, 2.05) is 0 Å². The monoisotopic (exact) mass is 480 g/mol. The Hall–Kier alpha value is -2.12. The molecule has 1 aromatic carbocycles. The van der Waals surface area contributed by atoms with Crippen molar-refractivity contribution in [2.75, 3.05) is 13.2 Å². The molecule has 0 amide bonds. The lowest BCUT2D eigenvalue weighted by Crippen LogP contribution is -2.80. The molecule has 186 valence electrons. The highest BCUT2D eigenvalue weighted by atomic mass is 16.7. The fourth-order valence-electron chi connectivity index (χ4n) is 6.19. The molecule has 2 saturated heterocycles. The van der Waals surface area contributed by atoms with Gasteiger partial charge in [-0.3, -0.25) is 4.79 Å². The smallest absolute Gasteiger partial charge is 0.338 e. The summed E-state index contributed by atoms with van der Waals surface area (Å²) in [6, 6.07) is 8.20. The molecule has 11 nitrogen and oxygen atoms in total. The molecule has 3 saturated carbocycles. The summed E-state index contributed by atoms with van der Waals surface area (Å²) in [4.78, 5) is 25.9. The van der Waals surface area contributed by atoms with E-state index in [1.165, 1.54) is 0 Å². The molecule has 2 aliphatic heterocycles. The van der Waals surface area contributed by atoms with E-state index < -0.39 is 84.5 Å². The molecule has 0 spiro atoms. The number of aliphatic hydroxyl groups is 5. The van der Waals surface area contributed by atoms with Gasteiger partial charge in [-0.25, -0.2) is 4.79 Å². The maximum Gasteiger partial charge on any atom is 0.338 e. The van der Waals surface area contributed by atoms with Gasteiger partial charge in [-0.2, -0.15) is 0 Å². The van der Waals surface area contributed by atoms with E-state index in [-0.39, 0.29) is 18.4 Å². The van der Waals surface area contributed by atoms with Crippen molar-refractivity contribution < 1.29 is 54.1 Å². The van der Waals surface area contributed by atoms with E-state index in [2.05, 4.69) is 0 Å². The fourth-order valence-corrected chi connectivity index (χ4v) is 6.19. The number of esters is 2. The standard InChI is InChI=1S/C23H28O11/c1-21-8-13(25)12-7-23(21,33-19-17(28)16(27)15(26)14(9-24)32-19)22(12,20(30)34-21)10-31-18(29)11-5-3-2-4-6-11/h2-6,12-17,19,24-28H,7-10H2,1H3/t12-,13-,14+,15+,16-,17+,19+,21-,22-,23-/m0/s1. The number of ether oxygens (including phenoxy) is 4. The molecule has 4 bridgehead atoms. The Morgan fingerprint density at radius 3 is 2.47 bits per heavy atom. The Bertz CT molecular complexity index is 969.